The van der Waals surface area contributed by atoms with Gasteiger partial charge in [-0.15, -0.1) is 5.10 Å². The van der Waals surface area contributed by atoms with Crippen LogP contribution in [-0.2, 0) is 7.05 Å². The Balaban J connectivity index is 2.93. The van der Waals surface area contributed by atoms with E-state index >= 15 is 0 Å². The minimum atomic E-state index is -0.501. The second-order valence-corrected chi connectivity index (χ2v) is 3.97. The molecule has 0 aliphatic rings. The van der Waals surface area contributed by atoms with E-state index in [-0.39, 0.29) is 5.92 Å². The van der Waals surface area contributed by atoms with Crippen LogP contribution in [0.15, 0.2) is 4.60 Å². The van der Waals surface area contributed by atoms with Gasteiger partial charge < -0.3 is 5.11 Å². The molecule has 0 fully saturated rings. The fourth-order valence-electron chi connectivity index (χ4n) is 1.15. The summed E-state index contributed by atoms with van der Waals surface area (Å²) >= 11 is 3.26. The van der Waals surface area contributed by atoms with Crippen molar-refractivity contribution in [3.8, 4) is 0 Å². The van der Waals surface area contributed by atoms with E-state index in [0.717, 1.165) is 12.1 Å². The number of hydrogen-bond acceptors (Lipinski definition) is 3. The van der Waals surface area contributed by atoms with E-state index in [0.29, 0.717) is 4.60 Å². The van der Waals surface area contributed by atoms with Crippen molar-refractivity contribution >= 4 is 15.9 Å². The Hall–Kier alpha value is -0.420. The zero-order valence-corrected chi connectivity index (χ0v) is 9.61. The van der Waals surface area contributed by atoms with Crippen molar-refractivity contribution in [1.82, 2.24) is 15.0 Å². The summed E-state index contributed by atoms with van der Waals surface area (Å²) in [5.41, 5.74) is 0.745. The van der Waals surface area contributed by atoms with Gasteiger partial charge in [-0.1, -0.05) is 25.5 Å². The van der Waals surface area contributed by atoms with E-state index < -0.39 is 6.10 Å². The van der Waals surface area contributed by atoms with Crippen molar-refractivity contribution in [1.29, 1.82) is 0 Å². The molecule has 13 heavy (non-hydrogen) atoms. The molecule has 0 saturated heterocycles. The monoisotopic (exact) mass is 247 g/mol. The summed E-state index contributed by atoms with van der Waals surface area (Å²) in [5, 5.41) is 17.5. The maximum Gasteiger partial charge on any atom is 0.154 e. The molecule has 1 rings (SSSR count). The van der Waals surface area contributed by atoms with Crippen LogP contribution >= 0.6 is 15.9 Å². The fourth-order valence-corrected chi connectivity index (χ4v) is 1.71. The SMILES string of the molecule is CCC(C)C(O)c1c(Br)nnn1C. The van der Waals surface area contributed by atoms with Gasteiger partial charge in [0.05, 0.1) is 0 Å². The lowest BCUT2D eigenvalue weighted by molar-refractivity contribution is 0.106. The number of aryl methyl sites for hydroxylation is 1. The van der Waals surface area contributed by atoms with E-state index in [1.807, 2.05) is 13.8 Å². The third-order valence-corrected chi connectivity index (χ3v) is 2.85. The van der Waals surface area contributed by atoms with Crippen LogP contribution in [-0.4, -0.2) is 20.1 Å². The summed E-state index contributed by atoms with van der Waals surface area (Å²) in [7, 11) is 1.78. The number of aliphatic hydroxyl groups excluding tert-OH is 1. The van der Waals surface area contributed by atoms with Crippen LogP contribution < -0.4 is 0 Å². The zero-order chi connectivity index (χ0) is 10.0. The number of aromatic nitrogens is 3. The summed E-state index contributed by atoms with van der Waals surface area (Å²) in [6, 6.07) is 0. The van der Waals surface area contributed by atoms with E-state index in [1.54, 1.807) is 11.7 Å². The molecule has 0 aliphatic carbocycles. The first kappa shape index (κ1) is 10.7. The smallest absolute Gasteiger partial charge is 0.154 e. The van der Waals surface area contributed by atoms with E-state index in [9.17, 15) is 5.11 Å². The molecule has 1 heterocycles. The van der Waals surface area contributed by atoms with Gasteiger partial charge in [0, 0.05) is 7.05 Å². The van der Waals surface area contributed by atoms with Gasteiger partial charge in [-0.25, -0.2) is 4.68 Å². The lowest BCUT2D eigenvalue weighted by Crippen LogP contribution is -2.13. The van der Waals surface area contributed by atoms with Crippen molar-refractivity contribution in [2.45, 2.75) is 26.4 Å². The Labute approximate surface area is 86.1 Å². The van der Waals surface area contributed by atoms with Gasteiger partial charge in [-0.05, 0) is 21.8 Å². The lowest BCUT2D eigenvalue weighted by atomic mass is 10.00. The van der Waals surface area contributed by atoms with Gasteiger partial charge in [0.15, 0.2) is 4.60 Å². The largest absolute Gasteiger partial charge is 0.386 e. The second kappa shape index (κ2) is 4.19. The van der Waals surface area contributed by atoms with Gasteiger partial charge in [0.25, 0.3) is 0 Å². The van der Waals surface area contributed by atoms with Crippen LogP contribution in [0.3, 0.4) is 0 Å². The normalized spacial score (nSPS) is 15.8. The lowest BCUT2D eigenvalue weighted by Gasteiger charge is -2.16. The third kappa shape index (κ3) is 2.08. The van der Waals surface area contributed by atoms with Crippen LogP contribution in [0.4, 0.5) is 0 Å². The van der Waals surface area contributed by atoms with Crippen LogP contribution in [0.25, 0.3) is 0 Å². The molecular formula is C8H14BrN3O. The molecule has 0 amide bonds. The first-order chi connectivity index (χ1) is 6.07. The predicted molar refractivity (Wildman–Crippen MR) is 53.1 cm³/mol. The van der Waals surface area contributed by atoms with E-state index in [4.69, 9.17) is 0 Å². The van der Waals surface area contributed by atoms with Crippen LogP contribution in [0.1, 0.15) is 32.1 Å². The molecule has 4 nitrogen and oxygen atoms in total. The number of nitrogens with zero attached hydrogens (tertiary/aromatic N) is 3. The highest BCUT2D eigenvalue weighted by atomic mass is 79.9. The highest BCUT2D eigenvalue weighted by Gasteiger charge is 2.21. The third-order valence-electron chi connectivity index (χ3n) is 2.29. The molecule has 2 unspecified atom stereocenters. The molecule has 0 aromatic carbocycles. The van der Waals surface area contributed by atoms with Gasteiger partial charge in [0.1, 0.15) is 11.8 Å². The summed E-state index contributed by atoms with van der Waals surface area (Å²) in [5.74, 6) is 0.216. The molecule has 1 aromatic rings. The van der Waals surface area contributed by atoms with Crippen molar-refractivity contribution in [3.05, 3.63) is 10.3 Å². The molecule has 0 saturated carbocycles. The van der Waals surface area contributed by atoms with E-state index in [2.05, 4.69) is 26.2 Å². The van der Waals surface area contributed by atoms with Crippen molar-refractivity contribution in [2.24, 2.45) is 13.0 Å². The average molecular weight is 248 g/mol. The summed E-state index contributed by atoms with van der Waals surface area (Å²) in [4.78, 5) is 0. The van der Waals surface area contributed by atoms with Crippen molar-refractivity contribution < 1.29 is 5.11 Å². The molecular weight excluding hydrogens is 234 g/mol. The Bertz CT molecular complexity index is 267. The van der Waals surface area contributed by atoms with Crippen LogP contribution in [0.2, 0.25) is 0 Å². The Morgan fingerprint density at radius 3 is 2.62 bits per heavy atom. The first-order valence-electron chi connectivity index (χ1n) is 4.31. The Kier molecular flexibility index (Phi) is 3.44. The minimum absolute atomic E-state index is 0.216. The molecule has 2 atom stereocenters. The quantitative estimate of drug-likeness (QED) is 0.884. The topological polar surface area (TPSA) is 50.9 Å². The molecule has 1 aromatic heterocycles. The van der Waals surface area contributed by atoms with Gasteiger partial charge in [-0.3, -0.25) is 0 Å². The first-order valence-corrected chi connectivity index (χ1v) is 5.10. The van der Waals surface area contributed by atoms with E-state index in [1.165, 1.54) is 0 Å². The maximum absolute atomic E-state index is 9.91. The Morgan fingerprint density at radius 2 is 2.23 bits per heavy atom. The molecule has 0 radical (unpaired) electrons. The molecule has 0 bridgehead atoms. The maximum atomic E-state index is 9.91. The number of hydrogen-bond donors (Lipinski definition) is 1. The highest BCUT2D eigenvalue weighted by molar-refractivity contribution is 9.10. The molecule has 74 valence electrons. The zero-order valence-electron chi connectivity index (χ0n) is 8.03. The summed E-state index contributed by atoms with van der Waals surface area (Å²) in [6.45, 7) is 4.05. The fraction of sp³-hybridized carbons (Fsp3) is 0.750. The molecule has 1 N–H and O–H groups in total. The van der Waals surface area contributed by atoms with Crippen molar-refractivity contribution in [3.63, 3.8) is 0 Å². The van der Waals surface area contributed by atoms with Crippen LogP contribution in [0.5, 0.6) is 0 Å². The summed E-state index contributed by atoms with van der Waals surface area (Å²) < 4.78 is 2.23. The predicted octanol–water partition coefficient (Wildman–Crippen LogP) is 1.66. The molecule has 0 spiro atoms. The minimum Gasteiger partial charge on any atom is -0.386 e. The van der Waals surface area contributed by atoms with Crippen molar-refractivity contribution in [2.75, 3.05) is 0 Å². The van der Waals surface area contributed by atoms with Gasteiger partial charge in [-0.2, -0.15) is 0 Å². The number of halogens is 1. The summed E-state index contributed by atoms with van der Waals surface area (Å²) in [6.07, 6.45) is 0.429. The second-order valence-electron chi connectivity index (χ2n) is 3.22. The van der Waals surface area contributed by atoms with Gasteiger partial charge >= 0.3 is 0 Å². The highest BCUT2D eigenvalue weighted by Crippen LogP contribution is 2.27. The van der Waals surface area contributed by atoms with Gasteiger partial charge in [0.2, 0.25) is 0 Å². The number of aliphatic hydroxyl groups is 1. The average Bonchev–Trinajstić information content (AvgIpc) is 2.44. The Morgan fingerprint density at radius 1 is 1.62 bits per heavy atom. The number of rotatable bonds is 3. The molecule has 0 aliphatic heterocycles. The van der Waals surface area contributed by atoms with Crippen LogP contribution in [0, 0.1) is 5.92 Å². The standard InChI is InChI=1S/C8H14BrN3O/c1-4-5(2)7(13)6-8(9)10-11-12(6)3/h5,7,13H,4H2,1-3H3. The molecule has 5 heteroatoms.